The monoisotopic (exact) mass is 265 g/mol. The standard InChI is InChI=1S/C14H23N3S/c1-5-15-14(16-6-2)17(3)11-12-7-9-13(18-4)10-8-12/h7-10H,5-6,11H2,1-4H3,(H,15,16). The summed E-state index contributed by atoms with van der Waals surface area (Å²) in [5, 5.41) is 3.30. The maximum Gasteiger partial charge on any atom is 0.193 e. The third-order valence-electron chi connectivity index (χ3n) is 2.58. The first-order valence-electron chi connectivity index (χ1n) is 6.33. The zero-order valence-electron chi connectivity index (χ0n) is 11.7. The second-order valence-electron chi connectivity index (χ2n) is 4.03. The number of hydrogen-bond acceptors (Lipinski definition) is 2. The van der Waals surface area contributed by atoms with Gasteiger partial charge in [0.05, 0.1) is 0 Å². The van der Waals surface area contributed by atoms with Gasteiger partial charge in [0.15, 0.2) is 5.96 Å². The van der Waals surface area contributed by atoms with Gasteiger partial charge >= 0.3 is 0 Å². The molecule has 0 amide bonds. The highest BCUT2D eigenvalue weighted by Gasteiger charge is 2.05. The summed E-state index contributed by atoms with van der Waals surface area (Å²) >= 11 is 1.77. The zero-order chi connectivity index (χ0) is 13.4. The van der Waals surface area contributed by atoms with Crippen LogP contribution in [0.5, 0.6) is 0 Å². The van der Waals surface area contributed by atoms with E-state index in [0.29, 0.717) is 0 Å². The topological polar surface area (TPSA) is 27.6 Å². The van der Waals surface area contributed by atoms with Gasteiger partial charge in [-0.15, -0.1) is 11.8 Å². The molecular formula is C14H23N3S. The summed E-state index contributed by atoms with van der Waals surface area (Å²) in [7, 11) is 2.07. The van der Waals surface area contributed by atoms with Gasteiger partial charge in [0.2, 0.25) is 0 Å². The number of aliphatic imine (C=N–C) groups is 1. The van der Waals surface area contributed by atoms with Crippen molar-refractivity contribution in [3.8, 4) is 0 Å². The molecule has 1 aromatic carbocycles. The molecule has 0 radical (unpaired) electrons. The number of benzene rings is 1. The first-order chi connectivity index (χ1) is 8.71. The molecule has 4 heteroatoms. The van der Waals surface area contributed by atoms with Crippen molar-refractivity contribution >= 4 is 17.7 Å². The summed E-state index contributed by atoms with van der Waals surface area (Å²) in [5.74, 6) is 0.967. The van der Waals surface area contributed by atoms with E-state index in [2.05, 4.69) is 66.6 Å². The maximum atomic E-state index is 4.47. The number of guanidine groups is 1. The van der Waals surface area contributed by atoms with E-state index in [1.54, 1.807) is 11.8 Å². The van der Waals surface area contributed by atoms with Gasteiger partial charge in [0, 0.05) is 31.6 Å². The van der Waals surface area contributed by atoms with Crippen molar-refractivity contribution in [2.45, 2.75) is 25.3 Å². The van der Waals surface area contributed by atoms with E-state index < -0.39 is 0 Å². The number of hydrogen-bond donors (Lipinski definition) is 1. The lowest BCUT2D eigenvalue weighted by atomic mass is 10.2. The Morgan fingerprint density at radius 3 is 2.44 bits per heavy atom. The highest BCUT2D eigenvalue weighted by atomic mass is 32.2. The minimum Gasteiger partial charge on any atom is -0.357 e. The molecule has 0 unspecified atom stereocenters. The van der Waals surface area contributed by atoms with Crippen molar-refractivity contribution < 1.29 is 0 Å². The Balaban J connectivity index is 2.66. The summed E-state index contributed by atoms with van der Waals surface area (Å²) in [6.45, 7) is 6.72. The maximum absolute atomic E-state index is 4.47. The van der Waals surface area contributed by atoms with Crippen LogP contribution in [0.1, 0.15) is 19.4 Å². The van der Waals surface area contributed by atoms with Gasteiger partial charge in [0.1, 0.15) is 0 Å². The fraction of sp³-hybridized carbons (Fsp3) is 0.500. The number of thioether (sulfide) groups is 1. The molecule has 1 N–H and O–H groups in total. The van der Waals surface area contributed by atoms with Crippen molar-refractivity contribution in [2.24, 2.45) is 4.99 Å². The molecule has 0 fully saturated rings. The third kappa shape index (κ3) is 4.61. The molecule has 1 rings (SSSR count). The lowest BCUT2D eigenvalue weighted by molar-refractivity contribution is 0.477. The molecule has 3 nitrogen and oxygen atoms in total. The molecule has 0 bridgehead atoms. The minimum atomic E-state index is 0.804. The molecule has 1 aromatic rings. The highest BCUT2D eigenvalue weighted by Crippen LogP contribution is 2.15. The van der Waals surface area contributed by atoms with Gasteiger partial charge in [-0.3, -0.25) is 4.99 Å². The number of nitrogens with zero attached hydrogens (tertiary/aromatic N) is 2. The zero-order valence-corrected chi connectivity index (χ0v) is 12.5. The third-order valence-corrected chi connectivity index (χ3v) is 3.33. The Kier molecular flexibility index (Phi) is 6.65. The lowest BCUT2D eigenvalue weighted by Gasteiger charge is -2.22. The van der Waals surface area contributed by atoms with Crippen LogP contribution in [0, 0.1) is 0 Å². The van der Waals surface area contributed by atoms with Gasteiger partial charge in [-0.2, -0.15) is 0 Å². The molecule has 0 aliphatic heterocycles. The van der Waals surface area contributed by atoms with Crippen LogP contribution in [0.25, 0.3) is 0 Å². The normalized spacial score (nSPS) is 11.4. The fourth-order valence-corrected chi connectivity index (χ4v) is 2.11. The van der Waals surface area contributed by atoms with E-state index in [9.17, 15) is 0 Å². The summed E-state index contributed by atoms with van der Waals surface area (Å²) in [4.78, 5) is 7.93. The van der Waals surface area contributed by atoms with E-state index in [0.717, 1.165) is 25.6 Å². The molecule has 100 valence electrons. The van der Waals surface area contributed by atoms with Crippen LogP contribution < -0.4 is 5.32 Å². The molecule has 0 aliphatic rings. The summed E-state index contributed by atoms with van der Waals surface area (Å²) < 4.78 is 0. The van der Waals surface area contributed by atoms with Crippen LogP contribution in [0.4, 0.5) is 0 Å². The Labute approximate surface area is 115 Å². The van der Waals surface area contributed by atoms with Crippen LogP contribution in [-0.4, -0.2) is 37.3 Å². The van der Waals surface area contributed by atoms with Gasteiger partial charge in [-0.1, -0.05) is 12.1 Å². The Morgan fingerprint density at radius 2 is 1.94 bits per heavy atom. The highest BCUT2D eigenvalue weighted by molar-refractivity contribution is 7.98. The van der Waals surface area contributed by atoms with Crippen LogP contribution >= 0.6 is 11.8 Å². The van der Waals surface area contributed by atoms with Crippen molar-refractivity contribution in [1.29, 1.82) is 0 Å². The Hall–Kier alpha value is -1.16. The second kappa shape index (κ2) is 8.03. The second-order valence-corrected chi connectivity index (χ2v) is 4.91. The molecular weight excluding hydrogens is 242 g/mol. The average molecular weight is 265 g/mol. The molecule has 0 saturated heterocycles. The summed E-state index contributed by atoms with van der Waals surface area (Å²) in [5.41, 5.74) is 1.30. The summed E-state index contributed by atoms with van der Waals surface area (Å²) in [6, 6.07) is 8.69. The molecule has 0 heterocycles. The quantitative estimate of drug-likeness (QED) is 0.504. The molecule has 0 spiro atoms. The molecule has 0 aromatic heterocycles. The average Bonchev–Trinajstić information content (AvgIpc) is 2.39. The van der Waals surface area contributed by atoms with Crippen molar-refractivity contribution in [2.75, 3.05) is 26.4 Å². The van der Waals surface area contributed by atoms with Gasteiger partial charge < -0.3 is 10.2 Å². The predicted octanol–water partition coefficient (Wildman–Crippen LogP) is 2.83. The van der Waals surface area contributed by atoms with Gasteiger partial charge in [-0.25, -0.2) is 0 Å². The van der Waals surface area contributed by atoms with E-state index >= 15 is 0 Å². The fourth-order valence-electron chi connectivity index (χ4n) is 1.70. The summed E-state index contributed by atoms with van der Waals surface area (Å²) in [6.07, 6.45) is 2.10. The molecule has 0 aliphatic carbocycles. The van der Waals surface area contributed by atoms with Crippen molar-refractivity contribution in [1.82, 2.24) is 10.2 Å². The van der Waals surface area contributed by atoms with E-state index in [-0.39, 0.29) is 0 Å². The van der Waals surface area contributed by atoms with E-state index in [1.165, 1.54) is 10.5 Å². The van der Waals surface area contributed by atoms with Crippen LogP contribution in [0.15, 0.2) is 34.2 Å². The van der Waals surface area contributed by atoms with Crippen molar-refractivity contribution in [3.63, 3.8) is 0 Å². The van der Waals surface area contributed by atoms with E-state index in [4.69, 9.17) is 0 Å². The first-order valence-corrected chi connectivity index (χ1v) is 7.56. The molecule has 0 saturated carbocycles. The number of rotatable bonds is 5. The molecule has 0 atom stereocenters. The van der Waals surface area contributed by atoms with Crippen molar-refractivity contribution in [3.05, 3.63) is 29.8 Å². The Morgan fingerprint density at radius 1 is 1.28 bits per heavy atom. The lowest BCUT2D eigenvalue weighted by Crippen LogP contribution is -2.38. The van der Waals surface area contributed by atoms with Crippen LogP contribution in [-0.2, 0) is 6.54 Å². The van der Waals surface area contributed by atoms with E-state index in [1.807, 2.05) is 0 Å². The van der Waals surface area contributed by atoms with Crippen LogP contribution in [0.3, 0.4) is 0 Å². The minimum absolute atomic E-state index is 0.804. The predicted molar refractivity (Wildman–Crippen MR) is 81.3 cm³/mol. The van der Waals surface area contributed by atoms with Gasteiger partial charge in [0.25, 0.3) is 0 Å². The van der Waals surface area contributed by atoms with Gasteiger partial charge in [-0.05, 0) is 37.8 Å². The Bertz CT molecular complexity index is 373. The smallest absolute Gasteiger partial charge is 0.193 e. The SMILES string of the molecule is CCN=C(NCC)N(C)Cc1ccc(SC)cc1. The largest absolute Gasteiger partial charge is 0.357 e. The first kappa shape index (κ1) is 14.9. The van der Waals surface area contributed by atoms with Crippen LogP contribution in [0.2, 0.25) is 0 Å². The number of nitrogens with one attached hydrogen (secondary N) is 1. The molecule has 18 heavy (non-hydrogen) atoms.